The predicted octanol–water partition coefficient (Wildman–Crippen LogP) is 5.93. The summed E-state index contributed by atoms with van der Waals surface area (Å²) >= 11 is 0. The molecule has 0 spiro atoms. The fourth-order valence-electron chi connectivity index (χ4n) is 2.27. The number of rotatable bonds is 13. The van der Waals surface area contributed by atoms with E-state index in [2.05, 4.69) is 12.1 Å². The minimum atomic E-state index is 0.863. The molecule has 0 aliphatic heterocycles. The van der Waals surface area contributed by atoms with Crippen LogP contribution in [0.2, 0.25) is 0 Å². The molecule has 0 amide bonds. The van der Waals surface area contributed by atoms with Crippen LogP contribution in [0, 0.1) is 0 Å². The summed E-state index contributed by atoms with van der Waals surface area (Å²) in [5, 5.41) is 11.7. The normalized spacial score (nSPS) is 12.0. The van der Waals surface area contributed by atoms with Gasteiger partial charge in [-0.15, -0.1) is 0 Å². The summed E-state index contributed by atoms with van der Waals surface area (Å²) in [6, 6.07) is 0. The lowest BCUT2D eigenvalue weighted by Crippen LogP contribution is -1.90. The summed E-state index contributed by atoms with van der Waals surface area (Å²) in [6.07, 6.45) is 17.5. The van der Waals surface area contributed by atoms with Crippen molar-refractivity contribution in [1.29, 1.82) is 0 Å². The molecule has 0 saturated heterocycles. The molecule has 0 aromatic rings. The fraction of sp³-hybridized carbons (Fsp3) is 0.938. The van der Waals surface area contributed by atoms with Crippen molar-refractivity contribution in [3.63, 3.8) is 0 Å². The molecule has 18 heavy (non-hydrogen) atoms. The number of nitrogens with zero attached hydrogens (tertiary/aromatic N) is 1. The van der Waals surface area contributed by atoms with E-state index in [1.54, 1.807) is 0 Å². The average molecular weight is 255 g/mol. The topological polar surface area (TPSA) is 32.6 Å². The van der Waals surface area contributed by atoms with Crippen LogP contribution < -0.4 is 0 Å². The summed E-state index contributed by atoms with van der Waals surface area (Å²) in [6.45, 7) is 4.16. The number of hydrogen-bond donors (Lipinski definition) is 1. The molecule has 0 saturated carbocycles. The van der Waals surface area contributed by atoms with Crippen molar-refractivity contribution in [3.8, 4) is 0 Å². The standard InChI is InChI=1S/C16H33NO/c1-3-4-5-6-7-8-9-10-11-12-13-14-15-16(2)17-18/h18H,3-15H2,1-2H3/b17-16-. The SMILES string of the molecule is CCCCCCCCCCCCCC/C(C)=N\O. The van der Waals surface area contributed by atoms with Crippen LogP contribution >= 0.6 is 0 Å². The van der Waals surface area contributed by atoms with Gasteiger partial charge in [-0.2, -0.15) is 0 Å². The molecule has 0 aliphatic carbocycles. The third-order valence-corrected chi connectivity index (χ3v) is 3.56. The predicted molar refractivity (Wildman–Crippen MR) is 80.6 cm³/mol. The van der Waals surface area contributed by atoms with Gasteiger partial charge in [-0.25, -0.2) is 0 Å². The van der Waals surface area contributed by atoms with Gasteiger partial charge in [-0.1, -0.05) is 82.7 Å². The van der Waals surface area contributed by atoms with Crippen molar-refractivity contribution in [2.24, 2.45) is 5.16 Å². The highest BCUT2D eigenvalue weighted by Gasteiger charge is 1.95. The average Bonchev–Trinajstić information content (AvgIpc) is 2.39. The second-order valence-electron chi connectivity index (χ2n) is 5.47. The van der Waals surface area contributed by atoms with Gasteiger partial charge < -0.3 is 5.21 Å². The van der Waals surface area contributed by atoms with Crippen LogP contribution in [0.4, 0.5) is 0 Å². The number of oxime groups is 1. The molecule has 1 N–H and O–H groups in total. The van der Waals surface area contributed by atoms with Gasteiger partial charge >= 0.3 is 0 Å². The molecule has 0 unspecified atom stereocenters. The van der Waals surface area contributed by atoms with Crippen molar-refractivity contribution in [1.82, 2.24) is 0 Å². The molecule has 0 atom stereocenters. The Morgan fingerprint density at radius 1 is 0.722 bits per heavy atom. The Bertz CT molecular complexity index is 190. The summed E-state index contributed by atoms with van der Waals surface area (Å²) in [4.78, 5) is 0. The van der Waals surface area contributed by atoms with E-state index < -0.39 is 0 Å². The third-order valence-electron chi connectivity index (χ3n) is 3.56. The Labute approximate surface area is 114 Å². The van der Waals surface area contributed by atoms with E-state index in [0.717, 1.165) is 12.1 Å². The van der Waals surface area contributed by atoms with Crippen LogP contribution in [-0.4, -0.2) is 10.9 Å². The zero-order valence-corrected chi connectivity index (χ0v) is 12.6. The molecule has 108 valence electrons. The Morgan fingerprint density at radius 3 is 1.50 bits per heavy atom. The molecular weight excluding hydrogens is 222 g/mol. The second-order valence-corrected chi connectivity index (χ2v) is 5.47. The van der Waals surface area contributed by atoms with E-state index in [0.29, 0.717) is 0 Å². The zero-order chi connectivity index (χ0) is 13.5. The molecule has 0 aromatic heterocycles. The molecule has 0 bridgehead atoms. The second kappa shape index (κ2) is 14.5. The third kappa shape index (κ3) is 13.5. The summed E-state index contributed by atoms with van der Waals surface area (Å²) in [7, 11) is 0. The van der Waals surface area contributed by atoms with Crippen LogP contribution in [0.3, 0.4) is 0 Å². The van der Waals surface area contributed by atoms with E-state index in [4.69, 9.17) is 5.21 Å². The van der Waals surface area contributed by atoms with E-state index in [9.17, 15) is 0 Å². The van der Waals surface area contributed by atoms with Crippen LogP contribution in [0.15, 0.2) is 5.16 Å². The van der Waals surface area contributed by atoms with Crippen molar-refractivity contribution in [2.75, 3.05) is 0 Å². The molecule has 0 aliphatic rings. The van der Waals surface area contributed by atoms with Gasteiger partial charge in [0.15, 0.2) is 0 Å². The first-order chi connectivity index (χ1) is 8.81. The van der Waals surface area contributed by atoms with Crippen molar-refractivity contribution >= 4 is 5.71 Å². The Kier molecular flexibility index (Phi) is 14.1. The summed E-state index contributed by atoms with van der Waals surface area (Å²) in [5.74, 6) is 0. The van der Waals surface area contributed by atoms with Crippen LogP contribution in [0.5, 0.6) is 0 Å². The maximum Gasteiger partial charge on any atom is 0.0540 e. The van der Waals surface area contributed by atoms with E-state index in [-0.39, 0.29) is 0 Å². The number of hydrogen-bond acceptors (Lipinski definition) is 2. The molecule has 0 rings (SSSR count). The molecule has 0 fully saturated rings. The molecule has 0 radical (unpaired) electrons. The first kappa shape index (κ1) is 17.5. The molecule has 2 nitrogen and oxygen atoms in total. The minimum absolute atomic E-state index is 0.863. The van der Waals surface area contributed by atoms with Crippen LogP contribution in [0.25, 0.3) is 0 Å². The quantitative estimate of drug-likeness (QED) is 0.188. The monoisotopic (exact) mass is 255 g/mol. The van der Waals surface area contributed by atoms with E-state index >= 15 is 0 Å². The van der Waals surface area contributed by atoms with E-state index in [1.807, 2.05) is 6.92 Å². The van der Waals surface area contributed by atoms with Gasteiger partial charge in [0.25, 0.3) is 0 Å². The highest BCUT2D eigenvalue weighted by molar-refractivity contribution is 5.81. The molecule has 0 aromatic carbocycles. The number of unbranched alkanes of at least 4 members (excludes halogenated alkanes) is 11. The van der Waals surface area contributed by atoms with Crippen molar-refractivity contribution in [3.05, 3.63) is 0 Å². The Hall–Kier alpha value is -0.530. The first-order valence-electron chi connectivity index (χ1n) is 7.98. The first-order valence-corrected chi connectivity index (χ1v) is 7.98. The lowest BCUT2D eigenvalue weighted by Gasteiger charge is -2.02. The van der Waals surface area contributed by atoms with Gasteiger partial charge in [0.1, 0.15) is 0 Å². The molecule has 0 heterocycles. The molecular formula is C16H33NO. The van der Waals surface area contributed by atoms with Crippen LogP contribution in [0.1, 0.15) is 97.3 Å². The highest BCUT2D eigenvalue weighted by Crippen LogP contribution is 2.12. The molecule has 2 heteroatoms. The van der Waals surface area contributed by atoms with Gasteiger partial charge in [0, 0.05) is 0 Å². The minimum Gasteiger partial charge on any atom is -0.411 e. The lowest BCUT2D eigenvalue weighted by molar-refractivity contribution is 0.317. The largest absolute Gasteiger partial charge is 0.411 e. The van der Waals surface area contributed by atoms with Gasteiger partial charge in [0.05, 0.1) is 5.71 Å². The van der Waals surface area contributed by atoms with Gasteiger partial charge in [0.2, 0.25) is 0 Å². The van der Waals surface area contributed by atoms with Crippen molar-refractivity contribution < 1.29 is 5.21 Å². The maximum atomic E-state index is 8.50. The Balaban J connectivity index is 2.99. The Morgan fingerprint density at radius 2 is 1.11 bits per heavy atom. The maximum absolute atomic E-state index is 8.50. The fourth-order valence-corrected chi connectivity index (χ4v) is 2.27. The van der Waals surface area contributed by atoms with Gasteiger partial charge in [-0.3, -0.25) is 0 Å². The van der Waals surface area contributed by atoms with Crippen molar-refractivity contribution in [2.45, 2.75) is 97.3 Å². The highest BCUT2D eigenvalue weighted by atomic mass is 16.4. The summed E-state index contributed by atoms with van der Waals surface area (Å²) < 4.78 is 0. The van der Waals surface area contributed by atoms with E-state index in [1.165, 1.54) is 77.0 Å². The van der Waals surface area contributed by atoms with Crippen LogP contribution in [-0.2, 0) is 0 Å². The van der Waals surface area contributed by atoms with Gasteiger partial charge in [-0.05, 0) is 19.8 Å². The zero-order valence-electron chi connectivity index (χ0n) is 12.6. The lowest BCUT2D eigenvalue weighted by atomic mass is 10.0. The smallest absolute Gasteiger partial charge is 0.0540 e. The summed E-state index contributed by atoms with van der Waals surface area (Å²) in [5.41, 5.74) is 0.863.